The number of aromatic amines is 1. The lowest BCUT2D eigenvalue weighted by atomic mass is 10.1. The smallest absolute Gasteiger partial charge is 0.352 e. The van der Waals surface area contributed by atoms with Crippen molar-refractivity contribution in [1.82, 2.24) is 9.55 Å². The van der Waals surface area contributed by atoms with Gasteiger partial charge in [0, 0.05) is 33.1 Å². The fourth-order valence-electron chi connectivity index (χ4n) is 4.34. The van der Waals surface area contributed by atoms with Crippen LogP contribution in [0.1, 0.15) is 18.2 Å². The third-order valence-corrected chi connectivity index (χ3v) is 12.2. The number of sulfone groups is 2. The van der Waals surface area contributed by atoms with Crippen LogP contribution in [0.4, 0.5) is 0 Å². The number of hydrogen-bond acceptors (Lipinski definition) is 12. The number of aryl methyl sites for hydroxylation is 1. The quantitative estimate of drug-likeness (QED) is 0.100. The number of phosphoric ester groups is 1. The summed E-state index contributed by atoms with van der Waals surface area (Å²) in [7, 11) is -12.6. The van der Waals surface area contributed by atoms with Gasteiger partial charge in [-0.3, -0.25) is 27.9 Å². The van der Waals surface area contributed by atoms with Crippen LogP contribution in [0.15, 0.2) is 79.2 Å². The van der Waals surface area contributed by atoms with Gasteiger partial charge >= 0.3 is 13.5 Å². The minimum atomic E-state index is -4.71. The van der Waals surface area contributed by atoms with Crippen LogP contribution in [0, 0.1) is 6.92 Å². The van der Waals surface area contributed by atoms with Crippen molar-refractivity contribution in [1.29, 1.82) is 0 Å². The second-order valence-electron chi connectivity index (χ2n) is 10.1. The number of nitrogens with zero attached hydrogens (tertiary/aromatic N) is 4. The highest BCUT2D eigenvalue weighted by Crippen LogP contribution is 2.50. The van der Waals surface area contributed by atoms with Crippen molar-refractivity contribution in [3.63, 3.8) is 0 Å². The lowest BCUT2D eigenvalue weighted by Crippen LogP contribution is -2.33. The van der Waals surface area contributed by atoms with Crippen molar-refractivity contribution in [2.75, 3.05) is 31.3 Å². The summed E-state index contributed by atoms with van der Waals surface area (Å²) in [5, 5.41) is 4.29. The molecule has 0 aliphatic carbocycles. The van der Waals surface area contributed by atoms with E-state index in [-0.39, 0.29) is 21.8 Å². The van der Waals surface area contributed by atoms with Gasteiger partial charge in [-0.15, -0.1) is 0 Å². The average Bonchev–Trinajstić information content (AvgIpc) is 3.41. The molecule has 1 unspecified atom stereocenters. The molecule has 0 amide bonds. The molecule has 2 aromatic carbocycles. The molecule has 3 aromatic rings. The molecule has 21 heteroatoms. The summed E-state index contributed by atoms with van der Waals surface area (Å²) in [4.78, 5) is 29.0. The molecular formula is C26H28Cl2N5O11PS2. The summed E-state index contributed by atoms with van der Waals surface area (Å²) in [6.45, 7) is -0.513. The zero-order valence-corrected chi connectivity index (χ0v) is 28.5. The molecule has 0 radical (unpaired) electrons. The molecule has 0 spiro atoms. The van der Waals surface area contributed by atoms with Gasteiger partial charge in [0.2, 0.25) is 0 Å². The zero-order chi connectivity index (χ0) is 34.4. The number of hydrogen-bond donors (Lipinski definition) is 1. The molecule has 1 aliphatic heterocycles. The second-order valence-corrected chi connectivity index (χ2v) is 16.8. The maximum absolute atomic E-state index is 13.7. The Kier molecular flexibility index (Phi) is 12.1. The first kappa shape index (κ1) is 36.8. The van der Waals surface area contributed by atoms with Gasteiger partial charge in [0.1, 0.15) is 6.23 Å². The number of H-pyrrole nitrogens is 1. The van der Waals surface area contributed by atoms with E-state index in [4.69, 9.17) is 47.0 Å². The van der Waals surface area contributed by atoms with E-state index in [0.29, 0.717) is 10.0 Å². The number of phosphoric acid groups is 1. The number of benzene rings is 2. The molecule has 4 rings (SSSR count). The number of rotatable bonds is 15. The highest BCUT2D eigenvalue weighted by atomic mass is 35.5. The summed E-state index contributed by atoms with van der Waals surface area (Å²) < 4.78 is 87.8. The zero-order valence-electron chi connectivity index (χ0n) is 24.5. The van der Waals surface area contributed by atoms with Crippen LogP contribution >= 0.6 is 31.0 Å². The monoisotopic (exact) mass is 751 g/mol. The number of ether oxygens (including phenoxy) is 1. The summed E-state index contributed by atoms with van der Waals surface area (Å²) in [5.74, 6) is -1.32. The number of nitrogens with one attached hydrogen (secondary N) is 1. The van der Waals surface area contributed by atoms with Gasteiger partial charge in [0.15, 0.2) is 19.7 Å². The third kappa shape index (κ3) is 9.76. The summed E-state index contributed by atoms with van der Waals surface area (Å²) in [5.41, 5.74) is 7.91. The summed E-state index contributed by atoms with van der Waals surface area (Å²) in [6, 6.07) is 9.70. The average molecular weight is 753 g/mol. The van der Waals surface area contributed by atoms with Crippen LogP contribution in [-0.2, 0) is 42.5 Å². The molecule has 3 atom stereocenters. The van der Waals surface area contributed by atoms with E-state index in [1.54, 1.807) is 0 Å². The standard InChI is InChI=1S/C26H28Cl2N5O11PS2/c1-17-15-33(26(35)30-25(17)34)24-14-22(31-32-29)23(44-24)16-43-45(36,41-10-12-46(37,38)20-6-2-18(27)3-7-20)42-11-13-47(39,40)21-8-4-19(28)5-9-21/h2-9,15,22-24H,10-14,16H2,1H3,(H,30,34,35)/t22?,23-,24-/m1/s1. The largest absolute Gasteiger partial charge is 0.474 e. The minimum Gasteiger partial charge on any atom is -0.352 e. The van der Waals surface area contributed by atoms with Gasteiger partial charge in [-0.05, 0) is 61.0 Å². The fraction of sp³-hybridized carbons (Fsp3) is 0.385. The van der Waals surface area contributed by atoms with Gasteiger partial charge in [-0.1, -0.05) is 28.3 Å². The van der Waals surface area contributed by atoms with E-state index in [1.165, 1.54) is 61.7 Å². The molecule has 1 aliphatic rings. The minimum absolute atomic E-state index is 0.0336. The van der Waals surface area contributed by atoms with E-state index in [0.717, 1.165) is 4.57 Å². The van der Waals surface area contributed by atoms with Gasteiger partial charge in [0.05, 0.1) is 53.3 Å². The van der Waals surface area contributed by atoms with Crippen LogP contribution < -0.4 is 11.2 Å². The molecule has 1 saturated heterocycles. The lowest BCUT2D eigenvalue weighted by Gasteiger charge is -2.21. The first-order valence-corrected chi connectivity index (χ1v) is 19.2. The maximum Gasteiger partial charge on any atom is 0.474 e. The molecule has 1 aromatic heterocycles. The second kappa shape index (κ2) is 15.5. The van der Waals surface area contributed by atoms with Gasteiger partial charge < -0.3 is 4.74 Å². The van der Waals surface area contributed by atoms with Gasteiger partial charge in [-0.2, -0.15) is 0 Å². The van der Waals surface area contributed by atoms with Crippen molar-refractivity contribution in [3.8, 4) is 0 Å². The molecule has 254 valence electrons. The fourth-order valence-corrected chi connectivity index (χ4v) is 8.20. The predicted octanol–water partition coefficient (Wildman–Crippen LogP) is 4.22. The Bertz CT molecular complexity index is 1930. The van der Waals surface area contributed by atoms with Crippen molar-refractivity contribution >= 4 is 50.7 Å². The summed E-state index contributed by atoms with van der Waals surface area (Å²) in [6.07, 6.45) is -0.904. The van der Waals surface area contributed by atoms with E-state index < -0.39 is 88.4 Å². The highest BCUT2D eigenvalue weighted by molar-refractivity contribution is 7.91. The number of aromatic nitrogens is 2. The molecular weight excluding hydrogens is 724 g/mol. The Morgan fingerprint density at radius 2 is 1.47 bits per heavy atom. The number of azide groups is 1. The third-order valence-electron chi connectivity index (χ3n) is 6.81. The molecule has 1 N–H and O–H groups in total. The normalized spacial score (nSPS) is 18.6. The number of halogens is 2. The molecule has 16 nitrogen and oxygen atoms in total. The topological polar surface area (TPSA) is 226 Å². The van der Waals surface area contributed by atoms with Gasteiger partial charge in [-0.25, -0.2) is 26.2 Å². The SMILES string of the molecule is Cc1cn([C@H]2CC(N=[N+]=[N-])[C@@H](COP(=O)(OCCS(=O)(=O)c3ccc(Cl)cc3)OCCS(=O)(=O)c3ccc(Cl)cc3)O2)c(=O)[nH]c1=O. The van der Waals surface area contributed by atoms with Crippen molar-refractivity contribution < 1.29 is 39.7 Å². The Morgan fingerprint density at radius 3 is 1.96 bits per heavy atom. The van der Waals surface area contributed by atoms with E-state index >= 15 is 0 Å². The molecule has 1 fully saturated rings. The van der Waals surface area contributed by atoms with Gasteiger partial charge in [0.25, 0.3) is 5.56 Å². The Balaban J connectivity index is 1.49. The van der Waals surface area contributed by atoms with Crippen molar-refractivity contribution in [3.05, 3.63) is 102 Å². The molecule has 47 heavy (non-hydrogen) atoms. The van der Waals surface area contributed by atoms with E-state index in [9.17, 15) is 31.0 Å². The molecule has 0 bridgehead atoms. The first-order valence-electron chi connectivity index (χ1n) is 13.6. The first-order chi connectivity index (χ1) is 22.1. The van der Waals surface area contributed by atoms with Crippen LogP contribution in [0.5, 0.6) is 0 Å². The Labute approximate surface area is 278 Å². The highest BCUT2D eigenvalue weighted by Gasteiger charge is 2.39. The van der Waals surface area contributed by atoms with Crippen LogP contribution in [0.25, 0.3) is 10.4 Å². The van der Waals surface area contributed by atoms with Crippen molar-refractivity contribution in [2.45, 2.75) is 41.5 Å². The molecule has 2 heterocycles. The van der Waals surface area contributed by atoms with E-state index in [2.05, 4.69) is 15.0 Å². The predicted molar refractivity (Wildman–Crippen MR) is 170 cm³/mol. The maximum atomic E-state index is 13.7. The van der Waals surface area contributed by atoms with E-state index in [1.807, 2.05) is 0 Å². The summed E-state index contributed by atoms with van der Waals surface area (Å²) >= 11 is 11.7. The molecule has 0 saturated carbocycles. The lowest BCUT2D eigenvalue weighted by molar-refractivity contribution is -0.0299. The van der Waals surface area contributed by atoms with Crippen LogP contribution in [-0.4, -0.2) is 69.9 Å². The Hall–Kier alpha value is -3.02. The van der Waals surface area contributed by atoms with Crippen molar-refractivity contribution in [2.24, 2.45) is 5.11 Å². The van der Waals surface area contributed by atoms with Crippen LogP contribution in [0.2, 0.25) is 10.0 Å². The Morgan fingerprint density at radius 1 is 0.957 bits per heavy atom. The van der Waals surface area contributed by atoms with Crippen LogP contribution in [0.3, 0.4) is 0 Å².